The van der Waals surface area contributed by atoms with Gasteiger partial charge in [-0.25, -0.2) is 9.97 Å². The van der Waals surface area contributed by atoms with E-state index < -0.39 is 0 Å². The van der Waals surface area contributed by atoms with Crippen molar-refractivity contribution in [1.29, 1.82) is 0 Å². The van der Waals surface area contributed by atoms with Gasteiger partial charge in [-0.05, 0) is 49.5 Å². The van der Waals surface area contributed by atoms with E-state index in [1.165, 1.54) is 12.8 Å². The van der Waals surface area contributed by atoms with Gasteiger partial charge in [0.25, 0.3) is 0 Å². The standard InChI is InChI=1S/C13H20BrN3O/c1-4-18-13(2,3)8-15-11-7-10(14)16-12(17-11)9-5-6-9/h7,9H,4-6,8H2,1-3H3,(H,15,16,17). The first kappa shape index (κ1) is 13.7. The summed E-state index contributed by atoms with van der Waals surface area (Å²) in [6.45, 7) is 7.60. The van der Waals surface area contributed by atoms with Crippen molar-refractivity contribution in [1.82, 2.24) is 9.97 Å². The Balaban J connectivity index is 2.00. The Morgan fingerprint density at radius 1 is 1.44 bits per heavy atom. The maximum absolute atomic E-state index is 5.65. The number of halogens is 1. The van der Waals surface area contributed by atoms with Gasteiger partial charge >= 0.3 is 0 Å². The summed E-state index contributed by atoms with van der Waals surface area (Å²) in [5.74, 6) is 2.37. The average Bonchev–Trinajstić information content (AvgIpc) is 3.09. The molecule has 0 aliphatic heterocycles. The number of anilines is 1. The second-order valence-corrected chi connectivity index (χ2v) is 6.07. The van der Waals surface area contributed by atoms with Gasteiger partial charge in [-0.1, -0.05) is 0 Å². The van der Waals surface area contributed by atoms with Gasteiger partial charge in [-0.3, -0.25) is 0 Å². The van der Waals surface area contributed by atoms with Gasteiger partial charge in [0.2, 0.25) is 0 Å². The molecule has 2 rings (SSSR count). The molecule has 0 bridgehead atoms. The fourth-order valence-electron chi connectivity index (χ4n) is 1.80. The fraction of sp³-hybridized carbons (Fsp3) is 0.692. The van der Waals surface area contributed by atoms with Gasteiger partial charge in [0.1, 0.15) is 16.2 Å². The number of aromatic nitrogens is 2. The summed E-state index contributed by atoms with van der Waals surface area (Å²) in [7, 11) is 0. The molecule has 0 atom stereocenters. The number of nitrogens with zero attached hydrogens (tertiary/aromatic N) is 2. The lowest BCUT2D eigenvalue weighted by molar-refractivity contribution is 0.000636. The molecule has 1 fully saturated rings. The Morgan fingerprint density at radius 3 is 2.78 bits per heavy atom. The molecule has 5 heteroatoms. The number of hydrogen-bond donors (Lipinski definition) is 1. The van der Waals surface area contributed by atoms with Crippen molar-refractivity contribution in [2.24, 2.45) is 0 Å². The van der Waals surface area contributed by atoms with Crippen molar-refractivity contribution in [3.05, 3.63) is 16.5 Å². The number of hydrogen-bond acceptors (Lipinski definition) is 4. The minimum atomic E-state index is -0.189. The summed E-state index contributed by atoms with van der Waals surface area (Å²) in [5.41, 5.74) is -0.189. The van der Waals surface area contributed by atoms with E-state index in [-0.39, 0.29) is 5.60 Å². The second-order valence-electron chi connectivity index (χ2n) is 5.25. The van der Waals surface area contributed by atoms with Gasteiger partial charge in [-0.15, -0.1) is 0 Å². The van der Waals surface area contributed by atoms with Gasteiger partial charge in [-0.2, -0.15) is 0 Å². The Kier molecular flexibility index (Phi) is 4.22. The molecule has 1 saturated carbocycles. The third-order valence-corrected chi connectivity index (χ3v) is 3.29. The molecule has 1 heterocycles. The van der Waals surface area contributed by atoms with E-state index in [0.717, 1.165) is 29.4 Å². The van der Waals surface area contributed by atoms with Crippen LogP contribution >= 0.6 is 15.9 Å². The predicted molar refractivity (Wildman–Crippen MR) is 75.9 cm³/mol. The lowest BCUT2D eigenvalue weighted by Crippen LogP contribution is -2.33. The highest BCUT2D eigenvalue weighted by Crippen LogP contribution is 2.38. The first-order valence-corrected chi connectivity index (χ1v) is 7.22. The molecule has 0 spiro atoms. The molecule has 1 aromatic heterocycles. The number of ether oxygens (including phenoxy) is 1. The van der Waals surface area contributed by atoms with Crippen molar-refractivity contribution in [3.8, 4) is 0 Å². The third-order valence-electron chi connectivity index (χ3n) is 2.88. The molecule has 0 radical (unpaired) electrons. The molecule has 18 heavy (non-hydrogen) atoms. The van der Waals surface area contributed by atoms with E-state index in [1.807, 2.05) is 13.0 Å². The van der Waals surface area contributed by atoms with Crippen LogP contribution < -0.4 is 5.32 Å². The Labute approximate surface area is 117 Å². The van der Waals surface area contributed by atoms with Crippen LogP contribution in [0.25, 0.3) is 0 Å². The molecule has 100 valence electrons. The average molecular weight is 314 g/mol. The first-order valence-electron chi connectivity index (χ1n) is 6.42. The lowest BCUT2D eigenvalue weighted by atomic mass is 10.1. The van der Waals surface area contributed by atoms with Crippen molar-refractivity contribution < 1.29 is 4.74 Å². The quantitative estimate of drug-likeness (QED) is 0.818. The zero-order valence-electron chi connectivity index (χ0n) is 11.2. The smallest absolute Gasteiger partial charge is 0.135 e. The maximum Gasteiger partial charge on any atom is 0.135 e. The van der Waals surface area contributed by atoms with E-state index in [1.54, 1.807) is 0 Å². The van der Waals surface area contributed by atoms with E-state index in [4.69, 9.17) is 4.74 Å². The fourth-order valence-corrected chi connectivity index (χ4v) is 2.19. The SMILES string of the molecule is CCOC(C)(C)CNc1cc(Br)nc(C2CC2)n1. The van der Waals surface area contributed by atoms with Crippen LogP contribution in [0.1, 0.15) is 45.4 Å². The van der Waals surface area contributed by atoms with E-state index >= 15 is 0 Å². The van der Waals surface area contributed by atoms with Gasteiger partial charge in [0.15, 0.2) is 0 Å². The second kappa shape index (κ2) is 5.53. The minimum absolute atomic E-state index is 0.189. The zero-order valence-corrected chi connectivity index (χ0v) is 12.7. The molecule has 0 saturated heterocycles. The van der Waals surface area contributed by atoms with Crippen LogP contribution in [0.3, 0.4) is 0 Å². The molecular weight excluding hydrogens is 294 g/mol. The van der Waals surface area contributed by atoms with Crippen LogP contribution in [0.15, 0.2) is 10.7 Å². The molecule has 0 unspecified atom stereocenters. The van der Waals surface area contributed by atoms with Crippen LogP contribution in [0.2, 0.25) is 0 Å². The van der Waals surface area contributed by atoms with Crippen molar-refractivity contribution in [3.63, 3.8) is 0 Å². The molecule has 1 N–H and O–H groups in total. The predicted octanol–water partition coefficient (Wildman–Crippen LogP) is 3.34. The largest absolute Gasteiger partial charge is 0.374 e. The normalized spacial score (nSPS) is 15.8. The summed E-state index contributed by atoms with van der Waals surface area (Å²) >= 11 is 3.44. The van der Waals surface area contributed by atoms with Crippen LogP contribution in [-0.4, -0.2) is 28.7 Å². The maximum atomic E-state index is 5.65. The summed E-state index contributed by atoms with van der Waals surface area (Å²) in [6.07, 6.45) is 2.42. The molecule has 1 aromatic rings. The highest BCUT2D eigenvalue weighted by atomic mass is 79.9. The Hall–Kier alpha value is -0.680. The van der Waals surface area contributed by atoms with Crippen molar-refractivity contribution >= 4 is 21.7 Å². The van der Waals surface area contributed by atoms with E-state index in [2.05, 4.69) is 45.1 Å². The highest BCUT2D eigenvalue weighted by molar-refractivity contribution is 9.10. The minimum Gasteiger partial charge on any atom is -0.374 e. The van der Waals surface area contributed by atoms with Crippen LogP contribution in [0.5, 0.6) is 0 Å². The summed E-state index contributed by atoms with van der Waals surface area (Å²) in [6, 6.07) is 1.91. The van der Waals surface area contributed by atoms with Crippen LogP contribution in [0, 0.1) is 0 Å². The van der Waals surface area contributed by atoms with Crippen molar-refractivity contribution in [2.75, 3.05) is 18.5 Å². The molecule has 0 aromatic carbocycles. The molecule has 1 aliphatic rings. The number of nitrogens with one attached hydrogen (secondary N) is 1. The summed E-state index contributed by atoms with van der Waals surface area (Å²) in [5, 5.41) is 3.33. The highest BCUT2D eigenvalue weighted by Gasteiger charge is 2.27. The lowest BCUT2D eigenvalue weighted by Gasteiger charge is -2.25. The molecular formula is C13H20BrN3O. The topological polar surface area (TPSA) is 47.0 Å². The van der Waals surface area contributed by atoms with Crippen LogP contribution in [0.4, 0.5) is 5.82 Å². The molecule has 4 nitrogen and oxygen atoms in total. The van der Waals surface area contributed by atoms with E-state index in [9.17, 15) is 0 Å². The monoisotopic (exact) mass is 313 g/mol. The Bertz CT molecular complexity index is 419. The summed E-state index contributed by atoms with van der Waals surface area (Å²) in [4.78, 5) is 8.96. The third kappa shape index (κ3) is 3.92. The van der Waals surface area contributed by atoms with Crippen LogP contribution in [-0.2, 0) is 4.74 Å². The molecule has 0 amide bonds. The summed E-state index contributed by atoms with van der Waals surface area (Å²) < 4.78 is 6.50. The van der Waals surface area contributed by atoms with Gasteiger partial charge < -0.3 is 10.1 Å². The van der Waals surface area contributed by atoms with Gasteiger partial charge in [0.05, 0.1) is 5.60 Å². The van der Waals surface area contributed by atoms with E-state index in [0.29, 0.717) is 5.92 Å². The Morgan fingerprint density at radius 2 is 2.17 bits per heavy atom. The first-order chi connectivity index (χ1) is 8.50. The van der Waals surface area contributed by atoms with Crippen molar-refractivity contribution in [2.45, 2.75) is 45.1 Å². The number of rotatable bonds is 6. The van der Waals surface area contributed by atoms with Gasteiger partial charge in [0, 0.05) is 25.1 Å². The zero-order chi connectivity index (χ0) is 13.2. The molecule has 1 aliphatic carbocycles.